The standard InChI is InChI=1S/C13H10ClN5O/c14-12-11(7-17-19-13(12)20)18-16-6-8-5-15-10-4-2-1-3-9(8)10/h1-7,15H,(H2,18,19,20). The summed E-state index contributed by atoms with van der Waals surface area (Å²) in [7, 11) is 0. The maximum absolute atomic E-state index is 11.3. The Hall–Kier alpha value is -2.60. The summed E-state index contributed by atoms with van der Waals surface area (Å²) in [5.41, 5.74) is 4.56. The Bertz CT molecular complexity index is 836. The Morgan fingerprint density at radius 3 is 3.10 bits per heavy atom. The molecule has 100 valence electrons. The fraction of sp³-hybridized carbons (Fsp3) is 0. The van der Waals surface area contributed by atoms with Gasteiger partial charge < -0.3 is 4.98 Å². The van der Waals surface area contributed by atoms with Crippen LogP contribution in [-0.2, 0) is 0 Å². The third-order valence-corrected chi connectivity index (χ3v) is 3.18. The lowest BCUT2D eigenvalue weighted by Gasteiger charge is -1.99. The van der Waals surface area contributed by atoms with Gasteiger partial charge in [0.25, 0.3) is 5.56 Å². The van der Waals surface area contributed by atoms with Gasteiger partial charge in [0.05, 0.1) is 12.4 Å². The van der Waals surface area contributed by atoms with Crippen molar-refractivity contribution in [3.63, 3.8) is 0 Å². The minimum absolute atomic E-state index is 0.0241. The van der Waals surface area contributed by atoms with Crippen molar-refractivity contribution in [3.05, 3.63) is 57.6 Å². The van der Waals surface area contributed by atoms with Crippen molar-refractivity contribution in [1.29, 1.82) is 0 Å². The first-order chi connectivity index (χ1) is 9.75. The number of H-pyrrole nitrogens is 2. The molecule has 3 aromatic rings. The number of hydrogen-bond donors (Lipinski definition) is 3. The molecule has 0 amide bonds. The highest BCUT2D eigenvalue weighted by Gasteiger charge is 2.03. The second kappa shape index (κ2) is 5.18. The van der Waals surface area contributed by atoms with Gasteiger partial charge in [-0.3, -0.25) is 10.2 Å². The van der Waals surface area contributed by atoms with Crippen LogP contribution in [0.5, 0.6) is 0 Å². The van der Waals surface area contributed by atoms with Crippen molar-refractivity contribution in [3.8, 4) is 0 Å². The number of hydrogen-bond acceptors (Lipinski definition) is 4. The maximum Gasteiger partial charge on any atom is 0.285 e. The predicted molar refractivity (Wildman–Crippen MR) is 79.4 cm³/mol. The van der Waals surface area contributed by atoms with E-state index in [0.717, 1.165) is 16.5 Å². The van der Waals surface area contributed by atoms with E-state index in [4.69, 9.17) is 11.6 Å². The Morgan fingerprint density at radius 2 is 2.20 bits per heavy atom. The fourth-order valence-electron chi connectivity index (χ4n) is 1.83. The lowest BCUT2D eigenvalue weighted by molar-refractivity contribution is 0.987. The molecule has 3 N–H and O–H groups in total. The van der Waals surface area contributed by atoms with Gasteiger partial charge in [-0.2, -0.15) is 10.2 Å². The van der Waals surface area contributed by atoms with Crippen LogP contribution in [0.2, 0.25) is 5.02 Å². The second-order valence-electron chi connectivity index (χ2n) is 4.09. The van der Waals surface area contributed by atoms with Crippen LogP contribution in [0.4, 0.5) is 5.69 Å². The van der Waals surface area contributed by atoms with Crippen LogP contribution in [0.15, 0.2) is 46.6 Å². The van der Waals surface area contributed by atoms with E-state index in [1.165, 1.54) is 6.20 Å². The average molecular weight is 288 g/mol. The van der Waals surface area contributed by atoms with Crippen LogP contribution in [0.25, 0.3) is 10.9 Å². The molecule has 3 rings (SSSR count). The molecule has 20 heavy (non-hydrogen) atoms. The van der Waals surface area contributed by atoms with Gasteiger partial charge in [0.1, 0.15) is 10.7 Å². The largest absolute Gasteiger partial charge is 0.361 e. The monoisotopic (exact) mass is 287 g/mol. The molecule has 0 radical (unpaired) electrons. The molecule has 1 aromatic carbocycles. The summed E-state index contributed by atoms with van der Waals surface area (Å²) in [6, 6.07) is 7.89. The molecule has 0 aliphatic heterocycles. The summed E-state index contributed by atoms with van der Waals surface area (Å²) in [6.45, 7) is 0. The third kappa shape index (κ3) is 2.28. The number of nitrogens with zero attached hydrogens (tertiary/aromatic N) is 2. The highest BCUT2D eigenvalue weighted by atomic mass is 35.5. The molecule has 0 aliphatic carbocycles. The van der Waals surface area contributed by atoms with Gasteiger partial charge in [-0.25, -0.2) is 5.10 Å². The van der Waals surface area contributed by atoms with Crippen molar-refractivity contribution in [2.24, 2.45) is 5.10 Å². The number of para-hydroxylation sites is 1. The summed E-state index contributed by atoms with van der Waals surface area (Å²) < 4.78 is 0. The zero-order valence-electron chi connectivity index (χ0n) is 10.2. The molecule has 6 nitrogen and oxygen atoms in total. The third-order valence-electron chi connectivity index (χ3n) is 2.81. The zero-order valence-corrected chi connectivity index (χ0v) is 11.0. The molecule has 2 heterocycles. The Kier molecular flexibility index (Phi) is 3.22. The molecule has 0 bridgehead atoms. The van der Waals surface area contributed by atoms with Gasteiger partial charge in [0.15, 0.2) is 0 Å². The lowest BCUT2D eigenvalue weighted by Crippen LogP contribution is -2.10. The van der Waals surface area contributed by atoms with Gasteiger partial charge >= 0.3 is 0 Å². The summed E-state index contributed by atoms with van der Waals surface area (Å²) in [5, 5.41) is 11.0. The average Bonchev–Trinajstić information content (AvgIpc) is 2.87. The fourth-order valence-corrected chi connectivity index (χ4v) is 1.97. The molecule has 0 spiro atoms. The first-order valence-corrected chi connectivity index (χ1v) is 6.22. The molecule has 0 atom stereocenters. The number of halogens is 1. The van der Waals surface area contributed by atoms with E-state index in [1.807, 2.05) is 30.5 Å². The van der Waals surface area contributed by atoms with E-state index < -0.39 is 5.56 Å². The number of nitrogens with one attached hydrogen (secondary N) is 3. The topological polar surface area (TPSA) is 85.9 Å². The second-order valence-corrected chi connectivity index (χ2v) is 4.46. The lowest BCUT2D eigenvalue weighted by atomic mass is 10.2. The van der Waals surface area contributed by atoms with Crippen molar-refractivity contribution >= 4 is 34.4 Å². The Labute approximate surface area is 118 Å². The van der Waals surface area contributed by atoms with Crippen LogP contribution >= 0.6 is 11.6 Å². The summed E-state index contributed by atoms with van der Waals surface area (Å²) >= 11 is 5.82. The van der Waals surface area contributed by atoms with E-state index in [1.54, 1.807) is 6.21 Å². The number of rotatable bonds is 3. The minimum atomic E-state index is -0.459. The van der Waals surface area contributed by atoms with Crippen molar-refractivity contribution in [1.82, 2.24) is 15.2 Å². The molecular weight excluding hydrogens is 278 g/mol. The normalized spacial score (nSPS) is 11.2. The molecular formula is C13H10ClN5O. The number of hydrazone groups is 1. The van der Waals surface area contributed by atoms with E-state index in [2.05, 4.69) is 25.7 Å². The van der Waals surface area contributed by atoms with Crippen LogP contribution in [-0.4, -0.2) is 21.4 Å². The van der Waals surface area contributed by atoms with Crippen LogP contribution in [0, 0.1) is 0 Å². The van der Waals surface area contributed by atoms with Gasteiger partial charge in [0, 0.05) is 22.7 Å². The molecule has 0 saturated carbocycles. The highest BCUT2D eigenvalue weighted by molar-refractivity contribution is 6.32. The summed E-state index contributed by atoms with van der Waals surface area (Å²) in [5.74, 6) is 0. The van der Waals surface area contributed by atoms with Crippen molar-refractivity contribution < 1.29 is 0 Å². The number of anilines is 1. The molecule has 2 aromatic heterocycles. The first kappa shape index (κ1) is 12.4. The van der Waals surface area contributed by atoms with Crippen LogP contribution < -0.4 is 11.0 Å². The predicted octanol–water partition coefficient (Wildman–Crippen LogP) is 2.35. The summed E-state index contributed by atoms with van der Waals surface area (Å²) in [4.78, 5) is 14.4. The van der Waals surface area contributed by atoms with Gasteiger partial charge in [-0.05, 0) is 6.07 Å². The number of aromatic nitrogens is 3. The van der Waals surface area contributed by atoms with Gasteiger partial charge in [-0.1, -0.05) is 29.8 Å². The Morgan fingerprint density at radius 1 is 1.35 bits per heavy atom. The van der Waals surface area contributed by atoms with Gasteiger partial charge in [0.2, 0.25) is 0 Å². The van der Waals surface area contributed by atoms with Gasteiger partial charge in [-0.15, -0.1) is 0 Å². The van der Waals surface area contributed by atoms with Crippen molar-refractivity contribution in [2.75, 3.05) is 5.43 Å². The maximum atomic E-state index is 11.3. The Balaban J connectivity index is 1.84. The van der Waals surface area contributed by atoms with E-state index >= 15 is 0 Å². The number of fused-ring (bicyclic) bond motifs is 1. The summed E-state index contributed by atoms with van der Waals surface area (Å²) in [6.07, 6.45) is 4.90. The van der Waals surface area contributed by atoms with E-state index in [-0.39, 0.29) is 5.02 Å². The van der Waals surface area contributed by atoms with Crippen molar-refractivity contribution in [2.45, 2.75) is 0 Å². The molecule has 0 unspecified atom stereocenters. The van der Waals surface area contributed by atoms with Crippen LogP contribution in [0.3, 0.4) is 0 Å². The molecule has 0 saturated heterocycles. The van der Waals surface area contributed by atoms with E-state index in [9.17, 15) is 4.79 Å². The molecule has 0 aliphatic rings. The zero-order chi connectivity index (χ0) is 13.9. The minimum Gasteiger partial charge on any atom is -0.361 e. The van der Waals surface area contributed by atoms with Crippen LogP contribution in [0.1, 0.15) is 5.56 Å². The SMILES string of the molecule is O=c1[nH]ncc(NN=Cc2c[nH]c3ccccc23)c1Cl. The smallest absolute Gasteiger partial charge is 0.285 e. The first-order valence-electron chi connectivity index (χ1n) is 5.84. The highest BCUT2D eigenvalue weighted by Crippen LogP contribution is 2.17. The number of benzene rings is 1. The van der Waals surface area contributed by atoms with E-state index in [0.29, 0.717) is 5.69 Å². The molecule has 0 fully saturated rings. The quantitative estimate of drug-likeness (QED) is 0.510. The molecule has 7 heteroatoms. The number of aromatic amines is 2.